The van der Waals surface area contributed by atoms with Gasteiger partial charge in [0.05, 0.1) is 17.9 Å². The van der Waals surface area contributed by atoms with E-state index in [-0.39, 0.29) is 14.6 Å². The first-order chi connectivity index (χ1) is 15.9. The number of likely N-dealkylation sites (tertiary alicyclic amines) is 1. The molecular weight excluding hydrogens is 462 g/mol. The average molecular weight is 498 g/mol. The molecule has 1 aromatic carbocycles. The second-order valence-electron chi connectivity index (χ2n) is 9.10. The first-order valence-electron chi connectivity index (χ1n) is 11.0. The number of carbonyl (C=O) groups excluding carboxylic acids is 2. The van der Waals surface area contributed by atoms with Crippen molar-refractivity contribution >= 4 is 28.8 Å². The number of nitrogens with one attached hydrogen (secondary N) is 1. The van der Waals surface area contributed by atoms with E-state index in [4.69, 9.17) is 9.47 Å². The molecule has 0 bridgehead atoms. The van der Waals surface area contributed by atoms with Crippen molar-refractivity contribution in [3.8, 4) is 0 Å². The first kappa shape index (κ1) is 25.7. The Labute approximate surface area is 202 Å². The number of hydrogen-bond donors (Lipinski definition) is 3. The van der Waals surface area contributed by atoms with Crippen LogP contribution in [0.3, 0.4) is 0 Å². The molecule has 1 fully saturated rings. The zero-order chi connectivity index (χ0) is 24.9. The maximum absolute atomic E-state index is 12.7. The summed E-state index contributed by atoms with van der Waals surface area (Å²) in [6.07, 6.45) is 2.80. The molecule has 1 aliphatic rings. The highest BCUT2D eigenvalue weighted by Crippen LogP contribution is 2.46. The lowest BCUT2D eigenvalue weighted by Gasteiger charge is -2.49. The van der Waals surface area contributed by atoms with Crippen LogP contribution in [0.4, 0.5) is 15.3 Å². The normalized spacial score (nSPS) is 17.1. The quantitative estimate of drug-likeness (QED) is 0.536. The molecule has 1 atom stereocenters. The van der Waals surface area contributed by atoms with Crippen LogP contribution in [0.25, 0.3) is 0 Å². The van der Waals surface area contributed by atoms with Crippen LogP contribution in [0, 0.1) is 0 Å². The monoisotopic (exact) mass is 497 g/mol. The highest BCUT2D eigenvalue weighted by molar-refractivity contribution is 8.24. The van der Waals surface area contributed by atoms with Crippen molar-refractivity contribution < 1.29 is 29.6 Å². The predicted molar refractivity (Wildman–Crippen MR) is 131 cm³/mol. The highest BCUT2D eigenvalue weighted by atomic mass is 32.3. The molecule has 3 rings (SSSR count). The van der Waals surface area contributed by atoms with Crippen LogP contribution in [0.15, 0.2) is 42.7 Å². The summed E-state index contributed by atoms with van der Waals surface area (Å²) in [4.78, 5) is 26.6. The Morgan fingerprint density at radius 2 is 2.00 bits per heavy atom. The largest absolute Gasteiger partial charge is 0.445 e. The summed E-state index contributed by atoms with van der Waals surface area (Å²) in [5.74, 6) is 0. The van der Waals surface area contributed by atoms with Gasteiger partial charge < -0.3 is 14.4 Å². The van der Waals surface area contributed by atoms with Crippen LogP contribution in [-0.4, -0.2) is 60.7 Å². The molecule has 11 nitrogen and oxygen atoms in total. The van der Waals surface area contributed by atoms with Gasteiger partial charge in [0.25, 0.3) is 0 Å². The maximum Gasteiger partial charge on any atom is 0.427 e. The predicted octanol–water partition coefficient (Wildman–Crippen LogP) is 4.38. The number of ether oxygens (including phenoxy) is 2. The van der Waals surface area contributed by atoms with Gasteiger partial charge in [0.2, 0.25) is 0 Å². The Morgan fingerprint density at radius 1 is 1.29 bits per heavy atom. The van der Waals surface area contributed by atoms with E-state index >= 15 is 0 Å². The first-order valence-corrected chi connectivity index (χ1v) is 12.5. The summed E-state index contributed by atoms with van der Waals surface area (Å²) in [6.45, 7) is 5.83. The summed E-state index contributed by atoms with van der Waals surface area (Å²) in [5.41, 5.74) is 0.447. The number of aromatic nitrogens is 2. The standard InChI is InChI=1S/C22H33N5O6S.H2/c1-22(2,3)33-20(28)24-34(30,31)27(19-13-23-25(4)14-19)18-11-8-12-26(15-18)21(29)32-16-17-9-6-5-7-10-17;/h5-7,9-10,13-14,18,30-31H,8,11-12,15-16H2,1-4H3,(H,24,28);1H. The van der Waals surface area contributed by atoms with E-state index in [0.717, 1.165) is 5.56 Å². The molecule has 3 N–H and O–H groups in total. The molecule has 2 amide bonds. The molecule has 1 saturated heterocycles. The van der Waals surface area contributed by atoms with Gasteiger partial charge in [-0.25, -0.2) is 18.6 Å². The topological polar surface area (TPSA) is 129 Å². The number of piperidine rings is 1. The third kappa shape index (κ3) is 7.02. The van der Waals surface area contributed by atoms with Crippen molar-refractivity contribution in [2.45, 2.75) is 51.9 Å². The summed E-state index contributed by atoms with van der Waals surface area (Å²) in [5, 5.41) is 4.12. The van der Waals surface area contributed by atoms with Gasteiger partial charge in [-0.05, 0) is 50.1 Å². The van der Waals surface area contributed by atoms with Crippen molar-refractivity contribution in [3.63, 3.8) is 0 Å². The molecule has 1 aliphatic heterocycles. The Morgan fingerprint density at radius 3 is 2.62 bits per heavy atom. The molecule has 0 spiro atoms. The molecule has 0 saturated carbocycles. The lowest BCUT2D eigenvalue weighted by Crippen LogP contribution is -2.53. The van der Waals surface area contributed by atoms with Gasteiger partial charge in [-0.2, -0.15) is 5.10 Å². The Kier molecular flexibility index (Phi) is 7.95. The van der Waals surface area contributed by atoms with Crippen LogP contribution in [-0.2, 0) is 23.1 Å². The SMILES string of the molecule is Cn1cc(N(C2CCCN(C(=O)OCc3ccccc3)C2)S(O)(O)NC(=O)OC(C)(C)C)cn1.[HH]. The molecule has 12 heteroatoms. The molecule has 1 unspecified atom stereocenters. The molecule has 0 aliphatic carbocycles. The fourth-order valence-corrected chi connectivity index (χ4v) is 5.01. The van der Waals surface area contributed by atoms with Crippen LogP contribution in [0.1, 0.15) is 40.6 Å². The lowest BCUT2D eigenvalue weighted by atomic mass is 10.1. The van der Waals surface area contributed by atoms with Crippen LogP contribution in [0.5, 0.6) is 0 Å². The van der Waals surface area contributed by atoms with Gasteiger partial charge in [0, 0.05) is 27.8 Å². The number of amides is 2. The van der Waals surface area contributed by atoms with Gasteiger partial charge in [-0.1, -0.05) is 30.3 Å². The number of anilines is 1. The van der Waals surface area contributed by atoms with Crippen LogP contribution >= 0.6 is 11.0 Å². The van der Waals surface area contributed by atoms with E-state index in [1.165, 1.54) is 20.1 Å². The van der Waals surface area contributed by atoms with Gasteiger partial charge in [-0.3, -0.25) is 13.8 Å². The van der Waals surface area contributed by atoms with Crippen LogP contribution < -0.4 is 9.03 Å². The number of carbonyl (C=O) groups is 2. The summed E-state index contributed by atoms with van der Waals surface area (Å²) < 4.78 is 37.7. The molecule has 0 radical (unpaired) electrons. The van der Waals surface area contributed by atoms with E-state index in [2.05, 4.69) is 9.82 Å². The minimum absolute atomic E-state index is 0. The third-order valence-electron chi connectivity index (χ3n) is 5.03. The molecule has 1 aromatic heterocycles. The van der Waals surface area contributed by atoms with E-state index < -0.39 is 34.8 Å². The fraction of sp³-hybridized carbons (Fsp3) is 0.500. The lowest BCUT2D eigenvalue weighted by molar-refractivity contribution is 0.0563. The Balaban J connectivity index is 0.00000432. The zero-order valence-corrected chi connectivity index (χ0v) is 20.7. The van der Waals surface area contributed by atoms with E-state index in [1.54, 1.807) is 34.0 Å². The van der Waals surface area contributed by atoms with Gasteiger partial charge >= 0.3 is 12.2 Å². The Bertz CT molecular complexity index is 984. The molecule has 34 heavy (non-hydrogen) atoms. The third-order valence-corrected chi connectivity index (χ3v) is 6.53. The summed E-state index contributed by atoms with van der Waals surface area (Å²) >= 11 is 0. The number of aryl methyl sites for hydroxylation is 1. The van der Waals surface area contributed by atoms with Gasteiger partial charge in [0.1, 0.15) is 12.2 Å². The summed E-state index contributed by atoms with van der Waals surface area (Å²) in [6, 6.07) is 8.85. The van der Waals surface area contributed by atoms with Crippen molar-refractivity contribution in [3.05, 3.63) is 48.3 Å². The van der Waals surface area contributed by atoms with Crippen molar-refractivity contribution in [1.29, 1.82) is 0 Å². The molecule has 2 aromatic rings. The zero-order valence-electron chi connectivity index (χ0n) is 19.9. The van der Waals surface area contributed by atoms with Gasteiger partial charge in [-0.15, -0.1) is 0 Å². The number of benzene rings is 1. The fourth-order valence-electron chi connectivity index (χ4n) is 3.67. The molecule has 190 valence electrons. The highest BCUT2D eigenvalue weighted by Gasteiger charge is 2.38. The molecular formula is C22H35N5O6S. The minimum atomic E-state index is -3.86. The van der Waals surface area contributed by atoms with Crippen LogP contribution in [0.2, 0.25) is 0 Å². The number of rotatable bonds is 6. The second-order valence-corrected chi connectivity index (χ2v) is 10.7. The van der Waals surface area contributed by atoms with Crippen molar-refractivity contribution in [2.75, 3.05) is 17.4 Å². The number of hydrogen-bond acceptors (Lipinski definition) is 8. The summed E-state index contributed by atoms with van der Waals surface area (Å²) in [7, 11) is -2.16. The van der Waals surface area contributed by atoms with E-state index in [9.17, 15) is 18.7 Å². The Hall–Kier alpha value is -2.96. The average Bonchev–Trinajstić information content (AvgIpc) is 3.16. The van der Waals surface area contributed by atoms with Crippen molar-refractivity contribution in [2.24, 2.45) is 7.05 Å². The van der Waals surface area contributed by atoms with Crippen molar-refractivity contribution in [1.82, 2.24) is 19.4 Å². The number of nitrogens with zero attached hydrogens (tertiary/aromatic N) is 4. The molecule has 2 heterocycles. The smallest absolute Gasteiger partial charge is 0.427 e. The van der Waals surface area contributed by atoms with E-state index in [0.29, 0.717) is 25.1 Å². The van der Waals surface area contributed by atoms with Gasteiger partial charge in [0.15, 0.2) is 0 Å². The van der Waals surface area contributed by atoms with E-state index in [1.807, 2.05) is 30.3 Å². The minimum Gasteiger partial charge on any atom is -0.445 e. The second kappa shape index (κ2) is 10.5. The maximum atomic E-state index is 12.7.